The van der Waals surface area contributed by atoms with Crippen LogP contribution in [0.25, 0.3) is 0 Å². The molecule has 0 radical (unpaired) electrons. The van der Waals surface area contributed by atoms with E-state index in [1.54, 1.807) is 12.1 Å². The van der Waals surface area contributed by atoms with Gasteiger partial charge in [-0.25, -0.2) is 12.8 Å². The van der Waals surface area contributed by atoms with Gasteiger partial charge in [-0.3, -0.25) is 9.52 Å². The second-order valence-electron chi connectivity index (χ2n) is 6.98. The molecule has 1 amide bonds. The number of halogens is 1. The Labute approximate surface area is 159 Å². The summed E-state index contributed by atoms with van der Waals surface area (Å²) in [5.74, 6) is -1.08. The Balaban J connectivity index is 1.90. The average molecular weight is 390 g/mol. The van der Waals surface area contributed by atoms with Gasteiger partial charge in [0, 0.05) is 19.0 Å². The van der Waals surface area contributed by atoms with Gasteiger partial charge >= 0.3 is 0 Å². The van der Waals surface area contributed by atoms with Crippen LogP contribution >= 0.6 is 0 Å². The maximum absolute atomic E-state index is 14.6. The minimum atomic E-state index is -3.77. The molecule has 0 spiro atoms. The molecule has 0 saturated heterocycles. The van der Waals surface area contributed by atoms with Crippen molar-refractivity contribution in [3.8, 4) is 0 Å². The molecule has 1 unspecified atom stereocenters. The number of nitrogens with zero attached hydrogens (tertiary/aromatic N) is 1. The second-order valence-corrected chi connectivity index (χ2v) is 8.70. The van der Waals surface area contributed by atoms with Gasteiger partial charge in [0.05, 0.1) is 17.1 Å². The van der Waals surface area contributed by atoms with Crippen molar-refractivity contribution < 1.29 is 17.6 Å². The first-order chi connectivity index (χ1) is 12.7. The molecule has 0 fully saturated rings. The normalized spacial score (nSPS) is 17.0. The SMILES string of the molecule is CCN1C(=O)CC(C)c2cc(NS(=O)(=O)Cc3ccc(C)cc3)c(F)cc21. The summed E-state index contributed by atoms with van der Waals surface area (Å²) in [7, 11) is -3.77. The van der Waals surface area contributed by atoms with Gasteiger partial charge in [-0.05, 0) is 37.0 Å². The number of hydrogen-bond acceptors (Lipinski definition) is 3. The maximum Gasteiger partial charge on any atom is 0.237 e. The highest BCUT2D eigenvalue weighted by molar-refractivity contribution is 7.91. The third-order valence-corrected chi connectivity index (χ3v) is 6.02. The molecule has 0 bridgehead atoms. The summed E-state index contributed by atoms with van der Waals surface area (Å²) in [6.45, 7) is 6.07. The predicted octanol–water partition coefficient (Wildman–Crippen LogP) is 3.94. The smallest absolute Gasteiger partial charge is 0.237 e. The van der Waals surface area contributed by atoms with E-state index in [1.165, 1.54) is 17.0 Å². The van der Waals surface area contributed by atoms with Crippen LogP contribution in [0.5, 0.6) is 0 Å². The van der Waals surface area contributed by atoms with Crippen LogP contribution in [-0.2, 0) is 20.6 Å². The lowest BCUT2D eigenvalue weighted by atomic mass is 9.90. The summed E-state index contributed by atoms with van der Waals surface area (Å²) in [5.41, 5.74) is 2.86. The Morgan fingerprint density at radius 2 is 1.89 bits per heavy atom. The number of fused-ring (bicyclic) bond motifs is 1. The molecule has 0 aliphatic carbocycles. The van der Waals surface area contributed by atoms with Crippen LogP contribution in [0.3, 0.4) is 0 Å². The van der Waals surface area contributed by atoms with Crippen molar-refractivity contribution in [2.75, 3.05) is 16.2 Å². The van der Waals surface area contributed by atoms with Crippen LogP contribution in [0.15, 0.2) is 36.4 Å². The van der Waals surface area contributed by atoms with Crippen molar-refractivity contribution in [1.82, 2.24) is 0 Å². The number of benzene rings is 2. The highest BCUT2D eigenvalue weighted by Gasteiger charge is 2.30. The van der Waals surface area contributed by atoms with E-state index >= 15 is 0 Å². The summed E-state index contributed by atoms with van der Waals surface area (Å²) in [5, 5.41) is 0. The number of amides is 1. The lowest BCUT2D eigenvalue weighted by molar-refractivity contribution is -0.119. The number of sulfonamides is 1. The first kappa shape index (κ1) is 19.4. The third kappa shape index (κ3) is 4.13. The molecule has 3 rings (SSSR count). The van der Waals surface area contributed by atoms with Crippen molar-refractivity contribution in [2.24, 2.45) is 0 Å². The predicted molar refractivity (Wildman–Crippen MR) is 105 cm³/mol. The van der Waals surface area contributed by atoms with Gasteiger partial charge in [0.25, 0.3) is 0 Å². The zero-order chi connectivity index (χ0) is 19.8. The number of hydrogen-bond donors (Lipinski definition) is 1. The number of aryl methyl sites for hydroxylation is 1. The third-order valence-electron chi connectivity index (χ3n) is 4.78. The Bertz CT molecular complexity index is 971. The number of carbonyl (C=O) groups excluding carboxylic acids is 1. The minimum Gasteiger partial charge on any atom is -0.312 e. The molecule has 1 aliphatic heterocycles. The molecule has 5 nitrogen and oxygen atoms in total. The van der Waals surface area contributed by atoms with Crippen LogP contribution in [0, 0.1) is 12.7 Å². The monoisotopic (exact) mass is 390 g/mol. The Morgan fingerprint density at radius 1 is 1.22 bits per heavy atom. The molecule has 0 aromatic heterocycles. The maximum atomic E-state index is 14.6. The molecule has 2 aromatic rings. The Kier molecular flexibility index (Phi) is 5.24. The molecular weight excluding hydrogens is 367 g/mol. The largest absolute Gasteiger partial charge is 0.312 e. The van der Waals surface area contributed by atoms with E-state index in [0.29, 0.717) is 24.2 Å². The fraction of sp³-hybridized carbons (Fsp3) is 0.350. The Morgan fingerprint density at radius 3 is 2.52 bits per heavy atom. The molecule has 1 aliphatic rings. The highest BCUT2D eigenvalue weighted by Crippen LogP contribution is 2.38. The number of nitrogens with one attached hydrogen (secondary N) is 1. The van der Waals surface area contributed by atoms with Crippen molar-refractivity contribution in [3.05, 3.63) is 58.9 Å². The average Bonchev–Trinajstić information content (AvgIpc) is 2.58. The van der Waals surface area contributed by atoms with Gasteiger partial charge in [-0.15, -0.1) is 0 Å². The summed E-state index contributed by atoms with van der Waals surface area (Å²) < 4.78 is 41.9. The summed E-state index contributed by atoms with van der Waals surface area (Å²) >= 11 is 0. The van der Waals surface area contributed by atoms with Crippen molar-refractivity contribution in [2.45, 2.75) is 38.9 Å². The molecule has 1 N–H and O–H groups in total. The fourth-order valence-corrected chi connectivity index (χ4v) is 4.55. The lowest BCUT2D eigenvalue weighted by Gasteiger charge is -2.32. The van der Waals surface area contributed by atoms with E-state index in [4.69, 9.17) is 0 Å². The lowest BCUT2D eigenvalue weighted by Crippen LogP contribution is -2.36. The van der Waals surface area contributed by atoms with E-state index < -0.39 is 15.8 Å². The second kappa shape index (κ2) is 7.31. The first-order valence-electron chi connectivity index (χ1n) is 8.90. The van der Waals surface area contributed by atoms with Gasteiger partial charge in [-0.1, -0.05) is 36.8 Å². The van der Waals surface area contributed by atoms with Gasteiger partial charge in [0.15, 0.2) is 0 Å². The molecule has 0 saturated carbocycles. The van der Waals surface area contributed by atoms with E-state index in [0.717, 1.165) is 11.1 Å². The number of anilines is 2. The first-order valence-corrected chi connectivity index (χ1v) is 10.5. The van der Waals surface area contributed by atoms with Crippen LogP contribution in [0.1, 0.15) is 42.9 Å². The van der Waals surface area contributed by atoms with Crippen LogP contribution in [0.4, 0.5) is 15.8 Å². The van der Waals surface area contributed by atoms with Crippen molar-refractivity contribution in [1.29, 1.82) is 0 Å². The summed E-state index contributed by atoms with van der Waals surface area (Å²) in [6, 6.07) is 9.91. The van der Waals surface area contributed by atoms with Crippen molar-refractivity contribution >= 4 is 27.3 Å². The molecule has 2 aromatic carbocycles. The van der Waals surface area contributed by atoms with E-state index in [2.05, 4.69) is 4.72 Å². The van der Waals surface area contributed by atoms with E-state index in [-0.39, 0.29) is 23.3 Å². The topological polar surface area (TPSA) is 66.5 Å². The summed E-state index contributed by atoms with van der Waals surface area (Å²) in [6.07, 6.45) is 0.321. The molecule has 1 atom stereocenters. The van der Waals surface area contributed by atoms with Gasteiger partial charge in [0.1, 0.15) is 5.82 Å². The van der Waals surface area contributed by atoms with Crippen LogP contribution in [-0.4, -0.2) is 20.9 Å². The van der Waals surface area contributed by atoms with Crippen LogP contribution < -0.4 is 9.62 Å². The fourth-order valence-electron chi connectivity index (χ4n) is 3.36. The molecular formula is C20H23FN2O3S. The van der Waals surface area contributed by atoms with E-state index in [9.17, 15) is 17.6 Å². The van der Waals surface area contributed by atoms with Gasteiger partial charge < -0.3 is 4.90 Å². The Hall–Kier alpha value is -2.41. The molecule has 144 valence electrons. The quantitative estimate of drug-likeness (QED) is 0.841. The number of rotatable bonds is 5. The zero-order valence-corrected chi connectivity index (χ0v) is 16.4. The number of carbonyl (C=O) groups is 1. The molecule has 7 heteroatoms. The molecule has 27 heavy (non-hydrogen) atoms. The van der Waals surface area contributed by atoms with E-state index in [1.807, 2.05) is 32.9 Å². The minimum absolute atomic E-state index is 0.0513. The zero-order valence-electron chi connectivity index (χ0n) is 15.6. The van der Waals surface area contributed by atoms with Crippen molar-refractivity contribution in [3.63, 3.8) is 0 Å². The highest BCUT2D eigenvalue weighted by atomic mass is 32.2. The molecule has 1 heterocycles. The summed E-state index contributed by atoms with van der Waals surface area (Å²) in [4.78, 5) is 13.7. The standard InChI is InChI=1S/C20H23FN2O3S/c1-4-23-19-11-17(21)18(10-16(19)14(3)9-20(23)24)22-27(25,26)12-15-7-5-13(2)6-8-15/h5-8,10-11,14,22H,4,9,12H2,1-3H3. The van der Waals surface area contributed by atoms with Crippen LogP contribution in [0.2, 0.25) is 0 Å². The van der Waals surface area contributed by atoms with Gasteiger partial charge in [-0.2, -0.15) is 0 Å². The van der Waals surface area contributed by atoms with Gasteiger partial charge in [0.2, 0.25) is 15.9 Å².